The van der Waals surface area contributed by atoms with Crippen molar-refractivity contribution in [1.82, 2.24) is 4.98 Å². The summed E-state index contributed by atoms with van der Waals surface area (Å²) in [6, 6.07) is 7.88. The van der Waals surface area contributed by atoms with Gasteiger partial charge in [0.25, 0.3) is 5.91 Å². The number of halogens is 1. The number of thiophene rings is 1. The van der Waals surface area contributed by atoms with Gasteiger partial charge in [-0.15, -0.1) is 11.3 Å². The quantitative estimate of drug-likeness (QED) is 0.716. The van der Waals surface area contributed by atoms with Crippen LogP contribution in [0.25, 0.3) is 10.2 Å². The molecule has 3 N–H and O–H groups in total. The van der Waals surface area contributed by atoms with Crippen LogP contribution in [0.3, 0.4) is 0 Å². The molecule has 1 unspecified atom stereocenters. The van der Waals surface area contributed by atoms with Crippen molar-refractivity contribution in [3.05, 3.63) is 52.3 Å². The monoisotopic (exact) mass is 355 g/mol. The van der Waals surface area contributed by atoms with E-state index in [9.17, 15) is 9.18 Å². The molecule has 1 atom stereocenters. The molecule has 0 radical (unpaired) electrons. The van der Waals surface area contributed by atoms with Crippen molar-refractivity contribution >= 4 is 38.8 Å². The van der Waals surface area contributed by atoms with Crippen LogP contribution >= 0.6 is 11.3 Å². The number of amides is 1. The minimum atomic E-state index is -0.398. The van der Waals surface area contributed by atoms with Crippen molar-refractivity contribution in [2.45, 2.75) is 26.2 Å². The average Bonchev–Trinajstić information content (AvgIpc) is 2.89. The minimum absolute atomic E-state index is 0.336. The number of nitrogens with one attached hydrogen (secondary N) is 1. The maximum absolute atomic E-state index is 13.3. The van der Waals surface area contributed by atoms with E-state index in [1.807, 2.05) is 0 Å². The Bertz CT molecular complexity index is 982. The van der Waals surface area contributed by atoms with Gasteiger partial charge in [-0.25, -0.2) is 9.37 Å². The number of benzene rings is 1. The van der Waals surface area contributed by atoms with Gasteiger partial charge < -0.3 is 11.1 Å². The number of nitrogens with zero attached hydrogens (tertiary/aromatic N) is 1. The molecule has 1 aliphatic carbocycles. The van der Waals surface area contributed by atoms with E-state index in [4.69, 9.17) is 10.7 Å². The van der Waals surface area contributed by atoms with Gasteiger partial charge in [-0.2, -0.15) is 0 Å². The van der Waals surface area contributed by atoms with E-state index in [0.29, 0.717) is 22.2 Å². The number of rotatable bonds is 2. The number of carbonyl (C=O) groups excluding carboxylic acids is 1. The predicted octanol–water partition coefficient (Wildman–Crippen LogP) is 4.39. The summed E-state index contributed by atoms with van der Waals surface area (Å²) in [6.45, 7) is 2.24. The van der Waals surface area contributed by atoms with Crippen molar-refractivity contribution in [1.29, 1.82) is 0 Å². The van der Waals surface area contributed by atoms with E-state index in [1.54, 1.807) is 12.1 Å². The maximum atomic E-state index is 13.3. The summed E-state index contributed by atoms with van der Waals surface area (Å²) < 4.78 is 13.3. The van der Waals surface area contributed by atoms with Gasteiger partial charge in [0.05, 0.1) is 5.69 Å². The summed E-state index contributed by atoms with van der Waals surface area (Å²) in [5.74, 6) is -0.0922. The van der Waals surface area contributed by atoms with E-state index < -0.39 is 5.82 Å². The molecule has 1 aliphatic rings. The van der Waals surface area contributed by atoms with Crippen LogP contribution in [0.1, 0.15) is 34.3 Å². The van der Waals surface area contributed by atoms with Crippen LogP contribution in [0.2, 0.25) is 0 Å². The molecule has 128 valence electrons. The Hall–Kier alpha value is -2.47. The summed E-state index contributed by atoms with van der Waals surface area (Å²) in [7, 11) is 0. The molecular formula is C19H18FN3OS. The number of aryl methyl sites for hydroxylation is 1. The lowest BCUT2D eigenvalue weighted by Gasteiger charge is -2.20. The molecule has 0 aliphatic heterocycles. The van der Waals surface area contributed by atoms with Gasteiger partial charge >= 0.3 is 0 Å². The van der Waals surface area contributed by atoms with Gasteiger partial charge in [0.1, 0.15) is 15.5 Å². The van der Waals surface area contributed by atoms with Crippen LogP contribution in [0.15, 0.2) is 30.3 Å². The zero-order valence-electron chi connectivity index (χ0n) is 13.8. The molecule has 0 saturated carbocycles. The Kier molecular flexibility index (Phi) is 3.92. The van der Waals surface area contributed by atoms with Gasteiger partial charge in [0.15, 0.2) is 0 Å². The highest BCUT2D eigenvalue weighted by Crippen LogP contribution is 2.36. The number of anilines is 2. The Morgan fingerprint density at radius 3 is 3.04 bits per heavy atom. The van der Waals surface area contributed by atoms with Crippen LogP contribution in [-0.4, -0.2) is 10.9 Å². The van der Waals surface area contributed by atoms with Crippen molar-refractivity contribution in [3.8, 4) is 0 Å². The first-order chi connectivity index (χ1) is 12.0. The maximum Gasteiger partial charge on any atom is 0.267 e. The van der Waals surface area contributed by atoms with Gasteiger partial charge in [0.2, 0.25) is 0 Å². The number of fused-ring (bicyclic) bond motifs is 2. The van der Waals surface area contributed by atoms with E-state index in [1.165, 1.54) is 29.0 Å². The second-order valence-corrected chi connectivity index (χ2v) is 7.60. The zero-order valence-corrected chi connectivity index (χ0v) is 14.6. The molecule has 2 heterocycles. The lowest BCUT2D eigenvalue weighted by atomic mass is 9.87. The summed E-state index contributed by atoms with van der Waals surface area (Å²) in [4.78, 5) is 18.5. The molecule has 25 heavy (non-hydrogen) atoms. The van der Waals surface area contributed by atoms with Crippen LogP contribution < -0.4 is 11.1 Å². The van der Waals surface area contributed by atoms with Crippen LogP contribution in [0, 0.1) is 11.7 Å². The first kappa shape index (κ1) is 16.0. The molecule has 0 saturated heterocycles. The molecule has 1 amide bonds. The van der Waals surface area contributed by atoms with Gasteiger partial charge in [-0.1, -0.05) is 13.0 Å². The number of hydrogen-bond donors (Lipinski definition) is 2. The van der Waals surface area contributed by atoms with E-state index >= 15 is 0 Å². The fourth-order valence-corrected chi connectivity index (χ4v) is 4.29. The Labute approximate surface area is 148 Å². The predicted molar refractivity (Wildman–Crippen MR) is 99.6 cm³/mol. The largest absolute Gasteiger partial charge is 0.397 e. The standard InChI is InChI=1S/C19H18FN3OS/c1-10-5-6-15-11(7-10)8-14-16(21)17(25-19(14)23-15)18(24)22-13-4-2-3-12(20)9-13/h2-4,8-10H,5-7,21H2,1H3,(H,22,24). The second kappa shape index (κ2) is 6.11. The van der Waals surface area contributed by atoms with Gasteiger partial charge in [0, 0.05) is 16.8 Å². The summed E-state index contributed by atoms with van der Waals surface area (Å²) in [5.41, 5.74) is 9.42. The number of carbonyl (C=O) groups is 1. The van der Waals surface area contributed by atoms with E-state index in [0.717, 1.165) is 35.2 Å². The Morgan fingerprint density at radius 2 is 2.24 bits per heavy atom. The van der Waals surface area contributed by atoms with Crippen LogP contribution in [0.4, 0.5) is 15.8 Å². The fourth-order valence-electron chi connectivity index (χ4n) is 3.30. The molecule has 0 bridgehead atoms. The smallest absolute Gasteiger partial charge is 0.267 e. The van der Waals surface area contributed by atoms with E-state index in [2.05, 4.69) is 18.3 Å². The topological polar surface area (TPSA) is 68.0 Å². The molecular weight excluding hydrogens is 337 g/mol. The number of nitrogens with two attached hydrogens (primary N) is 1. The second-order valence-electron chi connectivity index (χ2n) is 6.60. The molecule has 2 aromatic heterocycles. The number of pyridine rings is 1. The van der Waals surface area contributed by atoms with Crippen molar-refractivity contribution in [2.24, 2.45) is 5.92 Å². The molecule has 1 aromatic carbocycles. The molecule has 4 nitrogen and oxygen atoms in total. The molecule has 4 rings (SSSR count). The highest BCUT2D eigenvalue weighted by Gasteiger charge is 2.22. The zero-order chi connectivity index (χ0) is 17.6. The van der Waals surface area contributed by atoms with E-state index in [-0.39, 0.29) is 5.91 Å². The molecule has 6 heteroatoms. The third-order valence-electron chi connectivity index (χ3n) is 4.62. The normalized spacial score (nSPS) is 16.6. The minimum Gasteiger partial charge on any atom is -0.397 e. The average molecular weight is 355 g/mol. The third-order valence-corrected chi connectivity index (χ3v) is 5.73. The number of nitrogen functional groups attached to an aromatic ring is 1. The number of aromatic nitrogens is 1. The van der Waals surface area contributed by atoms with Gasteiger partial charge in [-0.05, 0) is 55.0 Å². The molecule has 0 fully saturated rings. The summed E-state index contributed by atoms with van der Waals surface area (Å²) in [5, 5.41) is 3.54. The lowest BCUT2D eigenvalue weighted by Crippen LogP contribution is -2.13. The Morgan fingerprint density at radius 1 is 1.40 bits per heavy atom. The van der Waals surface area contributed by atoms with Gasteiger partial charge in [-0.3, -0.25) is 4.79 Å². The lowest BCUT2D eigenvalue weighted by molar-refractivity contribution is 0.103. The van der Waals surface area contributed by atoms with Crippen molar-refractivity contribution in [2.75, 3.05) is 11.1 Å². The summed E-state index contributed by atoms with van der Waals surface area (Å²) >= 11 is 1.29. The fraction of sp³-hybridized carbons (Fsp3) is 0.263. The van der Waals surface area contributed by atoms with Crippen molar-refractivity contribution in [3.63, 3.8) is 0 Å². The molecule has 0 spiro atoms. The SMILES string of the molecule is CC1CCc2nc3sc(C(=O)Nc4cccc(F)c4)c(N)c3cc2C1. The first-order valence-corrected chi connectivity index (χ1v) is 9.10. The van der Waals surface area contributed by atoms with Crippen molar-refractivity contribution < 1.29 is 9.18 Å². The highest BCUT2D eigenvalue weighted by molar-refractivity contribution is 7.21. The first-order valence-electron chi connectivity index (χ1n) is 8.29. The third kappa shape index (κ3) is 2.98. The highest BCUT2D eigenvalue weighted by atomic mass is 32.1. The number of hydrogen-bond acceptors (Lipinski definition) is 4. The Balaban J connectivity index is 1.70. The van der Waals surface area contributed by atoms with Crippen LogP contribution in [-0.2, 0) is 12.8 Å². The van der Waals surface area contributed by atoms with Crippen LogP contribution in [0.5, 0.6) is 0 Å². The molecule has 3 aromatic rings. The summed E-state index contributed by atoms with van der Waals surface area (Å²) in [6.07, 6.45) is 3.10.